The minimum absolute atomic E-state index is 0.751. The summed E-state index contributed by atoms with van der Waals surface area (Å²) in [5.41, 5.74) is 3.31. The summed E-state index contributed by atoms with van der Waals surface area (Å²) in [5, 5.41) is 3.50. The van der Waals surface area contributed by atoms with Gasteiger partial charge in [-0.25, -0.2) is 4.98 Å². The maximum Gasteiger partial charge on any atom is 0.128 e. The van der Waals surface area contributed by atoms with E-state index >= 15 is 0 Å². The first-order valence-corrected chi connectivity index (χ1v) is 7.18. The first-order valence-electron chi connectivity index (χ1n) is 7.18. The first kappa shape index (κ1) is 13.2. The van der Waals surface area contributed by atoms with Crippen LogP contribution in [0.4, 0.5) is 0 Å². The van der Waals surface area contributed by atoms with E-state index in [0.29, 0.717) is 0 Å². The molecule has 4 heteroatoms. The Morgan fingerprint density at radius 2 is 2.25 bits per heavy atom. The number of H-pyrrole nitrogens is 1. The third kappa shape index (κ3) is 3.02. The lowest BCUT2D eigenvalue weighted by atomic mass is 10.1. The fourth-order valence-electron chi connectivity index (χ4n) is 2.34. The Labute approximate surface area is 119 Å². The van der Waals surface area contributed by atoms with Crippen LogP contribution >= 0.6 is 0 Å². The average molecular weight is 271 g/mol. The van der Waals surface area contributed by atoms with Gasteiger partial charge in [0.05, 0.1) is 19.0 Å². The largest absolute Gasteiger partial charge is 0.496 e. The second kappa shape index (κ2) is 5.67. The molecule has 1 aromatic carbocycles. The molecule has 1 aromatic heterocycles. The van der Waals surface area contributed by atoms with E-state index in [1.54, 1.807) is 7.11 Å². The third-order valence-electron chi connectivity index (χ3n) is 3.65. The number of nitrogens with zero attached hydrogens (tertiary/aromatic N) is 1. The summed E-state index contributed by atoms with van der Waals surface area (Å²) in [4.78, 5) is 7.86. The molecule has 0 unspecified atom stereocenters. The zero-order valence-electron chi connectivity index (χ0n) is 12.1. The molecule has 1 fully saturated rings. The minimum Gasteiger partial charge on any atom is -0.496 e. The molecule has 4 nitrogen and oxygen atoms in total. The van der Waals surface area contributed by atoms with Gasteiger partial charge in [0.25, 0.3) is 0 Å². The first-order chi connectivity index (χ1) is 9.76. The van der Waals surface area contributed by atoms with E-state index in [0.717, 1.165) is 41.8 Å². The number of nitrogens with one attached hydrogen (secondary N) is 2. The quantitative estimate of drug-likeness (QED) is 0.849. The molecule has 1 aliphatic rings. The topological polar surface area (TPSA) is 49.9 Å². The lowest BCUT2D eigenvalue weighted by Crippen LogP contribution is -2.19. The summed E-state index contributed by atoms with van der Waals surface area (Å²) in [6, 6.07) is 6.93. The van der Waals surface area contributed by atoms with Gasteiger partial charge in [-0.05, 0) is 31.9 Å². The van der Waals surface area contributed by atoms with Crippen molar-refractivity contribution >= 4 is 0 Å². The maximum atomic E-state index is 5.42. The van der Waals surface area contributed by atoms with Crippen LogP contribution in [0, 0.1) is 6.92 Å². The standard InChI is InChI=1S/C16H21N3O/c1-11-3-6-15(20-2)13(9-11)14-10-18-16(19-14)7-8-17-12-4-5-12/h3,6,9-10,12,17H,4-5,7-8H2,1-2H3,(H,18,19). The van der Waals surface area contributed by atoms with Crippen LogP contribution in [0.25, 0.3) is 11.3 Å². The molecule has 2 N–H and O–H groups in total. The fraction of sp³-hybridized carbons (Fsp3) is 0.438. The summed E-state index contributed by atoms with van der Waals surface area (Å²) < 4.78 is 5.42. The molecule has 20 heavy (non-hydrogen) atoms. The Hall–Kier alpha value is -1.81. The number of aryl methyl sites for hydroxylation is 1. The van der Waals surface area contributed by atoms with Crippen LogP contribution in [0.1, 0.15) is 24.2 Å². The van der Waals surface area contributed by atoms with E-state index in [2.05, 4.69) is 34.3 Å². The van der Waals surface area contributed by atoms with Crippen LogP contribution in [-0.2, 0) is 6.42 Å². The van der Waals surface area contributed by atoms with Gasteiger partial charge in [0, 0.05) is 24.6 Å². The van der Waals surface area contributed by atoms with Crippen molar-refractivity contribution in [1.82, 2.24) is 15.3 Å². The van der Waals surface area contributed by atoms with Crippen molar-refractivity contribution in [2.75, 3.05) is 13.7 Å². The summed E-state index contributed by atoms with van der Waals surface area (Å²) >= 11 is 0. The van der Waals surface area contributed by atoms with Crippen molar-refractivity contribution in [3.63, 3.8) is 0 Å². The SMILES string of the molecule is COc1ccc(C)cc1-c1cnc(CCNC2CC2)[nH]1. The minimum atomic E-state index is 0.751. The molecular formula is C16H21N3O. The highest BCUT2D eigenvalue weighted by molar-refractivity contribution is 5.67. The van der Waals surface area contributed by atoms with Crippen LogP contribution in [0.15, 0.2) is 24.4 Å². The predicted octanol–water partition coefficient (Wildman–Crippen LogP) is 2.69. The summed E-state index contributed by atoms with van der Waals surface area (Å²) in [6.07, 6.45) is 5.47. The Kier molecular flexibility index (Phi) is 3.74. The van der Waals surface area contributed by atoms with Crippen molar-refractivity contribution in [1.29, 1.82) is 0 Å². The Balaban J connectivity index is 1.73. The number of methoxy groups -OCH3 is 1. The lowest BCUT2D eigenvalue weighted by Gasteiger charge is -2.07. The van der Waals surface area contributed by atoms with Crippen LogP contribution in [0.2, 0.25) is 0 Å². The summed E-state index contributed by atoms with van der Waals surface area (Å²) in [6.45, 7) is 3.07. The molecule has 0 spiro atoms. The molecule has 106 valence electrons. The highest BCUT2D eigenvalue weighted by atomic mass is 16.5. The number of aromatic nitrogens is 2. The molecule has 0 atom stereocenters. The van der Waals surface area contributed by atoms with Gasteiger partial charge in [0.2, 0.25) is 0 Å². The second-order valence-electron chi connectivity index (χ2n) is 5.43. The normalized spacial score (nSPS) is 14.5. The number of ether oxygens (including phenoxy) is 1. The van der Waals surface area contributed by atoms with Crippen LogP contribution in [-0.4, -0.2) is 29.7 Å². The van der Waals surface area contributed by atoms with Crippen molar-refractivity contribution in [2.45, 2.75) is 32.2 Å². The molecule has 0 bridgehead atoms. The van der Waals surface area contributed by atoms with Gasteiger partial charge in [0.1, 0.15) is 11.6 Å². The van der Waals surface area contributed by atoms with E-state index in [9.17, 15) is 0 Å². The number of hydrogen-bond donors (Lipinski definition) is 2. The summed E-state index contributed by atoms with van der Waals surface area (Å²) in [5.74, 6) is 1.90. The van der Waals surface area contributed by atoms with E-state index in [1.165, 1.54) is 18.4 Å². The van der Waals surface area contributed by atoms with Gasteiger partial charge in [-0.15, -0.1) is 0 Å². The molecule has 1 saturated carbocycles. The number of rotatable bonds is 6. The Morgan fingerprint density at radius 3 is 3.00 bits per heavy atom. The Bertz CT molecular complexity index is 587. The van der Waals surface area contributed by atoms with Crippen molar-refractivity contribution in [3.05, 3.63) is 35.8 Å². The zero-order valence-corrected chi connectivity index (χ0v) is 12.1. The average Bonchev–Trinajstić information content (AvgIpc) is 3.15. The van der Waals surface area contributed by atoms with Crippen LogP contribution < -0.4 is 10.1 Å². The van der Waals surface area contributed by atoms with Gasteiger partial charge in [0.15, 0.2) is 0 Å². The smallest absolute Gasteiger partial charge is 0.128 e. The predicted molar refractivity (Wildman–Crippen MR) is 80.0 cm³/mol. The highest BCUT2D eigenvalue weighted by Gasteiger charge is 2.19. The van der Waals surface area contributed by atoms with Gasteiger partial charge in [-0.2, -0.15) is 0 Å². The number of imidazole rings is 1. The van der Waals surface area contributed by atoms with Crippen molar-refractivity contribution in [2.24, 2.45) is 0 Å². The summed E-state index contributed by atoms with van der Waals surface area (Å²) in [7, 11) is 1.70. The van der Waals surface area contributed by atoms with Crippen LogP contribution in [0.5, 0.6) is 5.75 Å². The van der Waals surface area contributed by atoms with Gasteiger partial charge < -0.3 is 15.0 Å². The van der Waals surface area contributed by atoms with Crippen LogP contribution in [0.3, 0.4) is 0 Å². The highest BCUT2D eigenvalue weighted by Crippen LogP contribution is 2.29. The Morgan fingerprint density at radius 1 is 1.40 bits per heavy atom. The third-order valence-corrected chi connectivity index (χ3v) is 3.65. The van der Waals surface area contributed by atoms with E-state index < -0.39 is 0 Å². The molecule has 0 aliphatic heterocycles. The molecule has 2 aromatic rings. The van der Waals surface area contributed by atoms with Gasteiger partial charge >= 0.3 is 0 Å². The van der Waals surface area contributed by atoms with E-state index in [-0.39, 0.29) is 0 Å². The monoisotopic (exact) mass is 271 g/mol. The molecule has 0 saturated heterocycles. The van der Waals surface area contributed by atoms with E-state index in [4.69, 9.17) is 4.74 Å². The lowest BCUT2D eigenvalue weighted by molar-refractivity contribution is 0.416. The number of aromatic amines is 1. The van der Waals surface area contributed by atoms with Gasteiger partial charge in [-0.3, -0.25) is 0 Å². The molecular weight excluding hydrogens is 250 g/mol. The van der Waals surface area contributed by atoms with Crippen molar-refractivity contribution < 1.29 is 4.74 Å². The second-order valence-corrected chi connectivity index (χ2v) is 5.43. The maximum absolute atomic E-state index is 5.42. The van der Waals surface area contributed by atoms with Crippen molar-refractivity contribution in [3.8, 4) is 17.0 Å². The molecule has 3 rings (SSSR count). The number of benzene rings is 1. The van der Waals surface area contributed by atoms with E-state index in [1.807, 2.05) is 12.3 Å². The fourth-order valence-corrected chi connectivity index (χ4v) is 2.34. The van der Waals surface area contributed by atoms with Gasteiger partial charge in [-0.1, -0.05) is 11.6 Å². The molecule has 0 radical (unpaired) electrons. The molecule has 0 amide bonds. The number of hydrogen-bond acceptors (Lipinski definition) is 3. The molecule has 1 aliphatic carbocycles. The zero-order chi connectivity index (χ0) is 13.9. The molecule has 1 heterocycles.